The van der Waals surface area contributed by atoms with Crippen molar-refractivity contribution in [2.75, 3.05) is 0 Å². The van der Waals surface area contributed by atoms with Crippen LogP contribution in [0.5, 0.6) is 0 Å². The van der Waals surface area contributed by atoms with Crippen molar-refractivity contribution in [3.8, 4) is 0 Å². The fraction of sp³-hybridized carbons (Fsp3) is 0.674. The van der Waals surface area contributed by atoms with Gasteiger partial charge in [-0.2, -0.15) is 0 Å². The van der Waals surface area contributed by atoms with Crippen LogP contribution in [0.3, 0.4) is 0 Å². The number of Topliss-reactive ketones (excluding diaryl/α,β-unsaturated/α-hetero) is 1. The number of aliphatic hydroxyl groups is 2. The summed E-state index contributed by atoms with van der Waals surface area (Å²) in [5.74, 6) is 0.600. The fourth-order valence-corrected chi connectivity index (χ4v) is 13.2. The van der Waals surface area contributed by atoms with Gasteiger partial charge in [0.25, 0.3) is 0 Å². The summed E-state index contributed by atoms with van der Waals surface area (Å²) >= 11 is 0. The van der Waals surface area contributed by atoms with Crippen molar-refractivity contribution < 1.29 is 24.5 Å². The second kappa shape index (κ2) is 10.3. The third-order valence-electron chi connectivity index (χ3n) is 15.3. The molecule has 1 aromatic carbocycles. The zero-order valence-corrected chi connectivity index (χ0v) is 31.2. The number of ether oxygens (including phenoxy) is 1. The molecule has 10 atom stereocenters. The Bertz CT molecular complexity index is 1860. The summed E-state index contributed by atoms with van der Waals surface area (Å²) < 4.78 is 8.92. The molecule has 2 fully saturated rings. The van der Waals surface area contributed by atoms with Crippen molar-refractivity contribution in [1.29, 1.82) is 0 Å². The summed E-state index contributed by atoms with van der Waals surface area (Å²) in [6.45, 7) is 24.0. The van der Waals surface area contributed by atoms with E-state index in [-0.39, 0.29) is 40.0 Å². The van der Waals surface area contributed by atoms with Crippen molar-refractivity contribution in [2.45, 2.75) is 149 Å². The molecule has 2 aromatic rings. The van der Waals surface area contributed by atoms with E-state index in [2.05, 4.69) is 71.8 Å². The van der Waals surface area contributed by atoms with Gasteiger partial charge in [0.2, 0.25) is 0 Å². The predicted octanol–water partition coefficient (Wildman–Crippen LogP) is 8.60. The van der Waals surface area contributed by atoms with E-state index in [1.165, 1.54) is 16.6 Å². The highest BCUT2D eigenvalue weighted by molar-refractivity contribution is 6.18. The van der Waals surface area contributed by atoms with Gasteiger partial charge >= 0.3 is 0 Å². The summed E-state index contributed by atoms with van der Waals surface area (Å²) in [6, 6.07) is 1.83. The first kappa shape index (κ1) is 33.6. The SMILES string of the molecule is C=C(C)[C@H]1C(=O)c2c3c(cc4c5c(n1c24)[C@@]1(C)C(CC[C@H]2[C@](C)(CCCC(C)C=O)[C@@H](O)CC[C@@]21C)C5)C1=CC(C)(C)OC(C)(C)C1[C@@H]3O. The fourth-order valence-electron chi connectivity index (χ4n) is 13.2. The second-order valence-electron chi connectivity index (χ2n) is 19.0. The zero-order valence-electron chi connectivity index (χ0n) is 31.2. The van der Waals surface area contributed by atoms with Crippen molar-refractivity contribution in [3.63, 3.8) is 0 Å². The maximum atomic E-state index is 14.8. The maximum Gasteiger partial charge on any atom is 0.192 e. The third-order valence-corrected chi connectivity index (χ3v) is 15.3. The molecule has 4 aliphatic carbocycles. The minimum absolute atomic E-state index is 0.0361. The van der Waals surface area contributed by atoms with Gasteiger partial charge in [0.1, 0.15) is 12.3 Å². The lowest BCUT2D eigenvalue weighted by Crippen LogP contribution is -2.62. The van der Waals surface area contributed by atoms with Crippen molar-refractivity contribution >= 4 is 28.5 Å². The van der Waals surface area contributed by atoms with E-state index in [1.54, 1.807) is 0 Å². The number of rotatable bonds is 6. The van der Waals surface area contributed by atoms with Gasteiger partial charge in [0.05, 0.1) is 34.5 Å². The smallest absolute Gasteiger partial charge is 0.192 e. The Labute approximate surface area is 292 Å². The number of hydrogen-bond donors (Lipinski definition) is 2. The largest absolute Gasteiger partial charge is 0.393 e. The van der Waals surface area contributed by atoms with Gasteiger partial charge in [0, 0.05) is 33.9 Å². The minimum Gasteiger partial charge on any atom is -0.393 e. The first-order valence-corrected chi connectivity index (χ1v) is 19.0. The van der Waals surface area contributed by atoms with Crippen LogP contribution in [0.4, 0.5) is 0 Å². The van der Waals surface area contributed by atoms with Gasteiger partial charge in [0.15, 0.2) is 5.78 Å². The summed E-state index contributed by atoms with van der Waals surface area (Å²) in [6.07, 6.45) is 9.61. The Kier molecular flexibility index (Phi) is 7.05. The summed E-state index contributed by atoms with van der Waals surface area (Å²) in [5.41, 5.74) is 6.46. The molecule has 6 aliphatic rings. The van der Waals surface area contributed by atoms with Crippen LogP contribution >= 0.6 is 0 Å². The van der Waals surface area contributed by atoms with E-state index in [0.717, 1.165) is 85.4 Å². The molecule has 49 heavy (non-hydrogen) atoms. The van der Waals surface area contributed by atoms with Crippen LogP contribution < -0.4 is 0 Å². The number of nitrogens with zero attached hydrogens (tertiary/aromatic N) is 1. The number of hydrogen-bond acceptors (Lipinski definition) is 5. The minimum atomic E-state index is -0.833. The average Bonchev–Trinajstić information content (AvgIpc) is 3.67. The monoisotopic (exact) mass is 667 g/mol. The normalized spacial score (nSPS) is 39.9. The van der Waals surface area contributed by atoms with Crippen molar-refractivity contribution in [3.05, 3.63) is 52.2 Å². The lowest BCUT2D eigenvalue weighted by molar-refractivity contribution is -0.167. The standard InChI is InChI=1S/C43H57NO5/c1-22(2)34-37(48)32-31-25(28-20-39(4,5)49-40(6,7)33(28)36(31)47)19-26-27-18-24-13-14-29-41(8,16-11-12-23(3)21-45)30(46)15-17-42(29,9)43(24,10)38(27)44(34)35(26)32/h19-21,23-24,29-30,33-34,36,46-47H,1,11-18H2,2-10H3/t23?,24?,29-,30-,33?,34-,36+,41-,42-,43+/m0/s1. The molecule has 3 unspecified atom stereocenters. The highest BCUT2D eigenvalue weighted by Crippen LogP contribution is 2.72. The van der Waals surface area contributed by atoms with Crippen LogP contribution in [0.2, 0.25) is 0 Å². The molecule has 6 nitrogen and oxygen atoms in total. The summed E-state index contributed by atoms with van der Waals surface area (Å²) in [7, 11) is 0. The first-order valence-electron chi connectivity index (χ1n) is 19.0. The molecule has 1 aromatic heterocycles. The zero-order chi connectivity index (χ0) is 35.4. The number of aliphatic hydroxyl groups excluding tert-OH is 2. The van der Waals surface area contributed by atoms with Gasteiger partial charge < -0.3 is 24.3 Å². The second-order valence-corrected chi connectivity index (χ2v) is 19.0. The molecule has 6 heteroatoms. The Morgan fingerprint density at radius 2 is 1.84 bits per heavy atom. The average molecular weight is 668 g/mol. The number of ketones is 1. The van der Waals surface area contributed by atoms with E-state index in [9.17, 15) is 19.8 Å². The van der Waals surface area contributed by atoms with Crippen LogP contribution in [0.25, 0.3) is 16.5 Å². The molecular formula is C43H57NO5. The Balaban J connectivity index is 1.34. The van der Waals surface area contributed by atoms with Crippen molar-refractivity contribution in [1.82, 2.24) is 4.57 Å². The number of fused-ring (bicyclic) bond motifs is 11. The first-order chi connectivity index (χ1) is 22.8. The number of carbonyl (C=O) groups is 2. The molecule has 0 bridgehead atoms. The van der Waals surface area contributed by atoms with Crippen LogP contribution in [0.1, 0.15) is 152 Å². The number of aldehydes is 1. The van der Waals surface area contributed by atoms with E-state index >= 15 is 0 Å². The lowest BCUT2D eigenvalue weighted by atomic mass is 9.40. The van der Waals surface area contributed by atoms with E-state index in [1.807, 2.05) is 13.8 Å². The lowest BCUT2D eigenvalue weighted by Gasteiger charge is -2.65. The maximum absolute atomic E-state index is 14.8. The number of carbonyl (C=O) groups excluding carboxylic acids is 2. The summed E-state index contributed by atoms with van der Waals surface area (Å²) in [5, 5.41) is 25.0. The highest BCUT2D eigenvalue weighted by atomic mass is 16.5. The van der Waals surface area contributed by atoms with Crippen LogP contribution in [-0.4, -0.2) is 44.2 Å². The Morgan fingerprint density at radius 3 is 2.51 bits per heavy atom. The third kappa shape index (κ3) is 4.06. The molecule has 2 N–H and O–H groups in total. The van der Waals surface area contributed by atoms with Gasteiger partial charge in [-0.1, -0.05) is 46.3 Å². The van der Waals surface area contributed by atoms with Crippen molar-refractivity contribution in [2.24, 2.45) is 34.5 Å². The van der Waals surface area contributed by atoms with Gasteiger partial charge in [-0.05, 0) is 131 Å². The van der Waals surface area contributed by atoms with Gasteiger partial charge in [-0.15, -0.1) is 0 Å². The highest BCUT2D eigenvalue weighted by Gasteiger charge is 2.68. The van der Waals surface area contributed by atoms with E-state index in [0.29, 0.717) is 17.4 Å². The summed E-state index contributed by atoms with van der Waals surface area (Å²) in [4.78, 5) is 26.3. The number of aromatic nitrogens is 1. The molecule has 264 valence electrons. The number of allylic oxidation sites excluding steroid dienone is 1. The molecule has 0 amide bonds. The van der Waals surface area contributed by atoms with Gasteiger partial charge in [-0.25, -0.2) is 0 Å². The van der Waals surface area contributed by atoms with E-state index in [4.69, 9.17) is 4.74 Å². The van der Waals surface area contributed by atoms with Crippen LogP contribution in [-0.2, 0) is 21.4 Å². The molecule has 2 aliphatic heterocycles. The molecule has 3 heterocycles. The van der Waals surface area contributed by atoms with E-state index < -0.39 is 23.3 Å². The molecule has 8 rings (SSSR count). The number of benzene rings is 1. The van der Waals surface area contributed by atoms with Crippen LogP contribution in [0, 0.1) is 34.5 Å². The molecule has 0 radical (unpaired) electrons. The van der Waals surface area contributed by atoms with Crippen LogP contribution in [0.15, 0.2) is 24.3 Å². The molecule has 0 saturated heterocycles. The quantitative estimate of drug-likeness (QED) is 0.238. The topological polar surface area (TPSA) is 88.8 Å². The molecular weight excluding hydrogens is 610 g/mol. The Hall–Kier alpha value is -2.54. The molecule has 0 spiro atoms. The predicted molar refractivity (Wildman–Crippen MR) is 194 cm³/mol. The molecule has 2 saturated carbocycles. The Morgan fingerprint density at radius 1 is 1.12 bits per heavy atom. The van der Waals surface area contributed by atoms with Gasteiger partial charge in [-0.3, -0.25) is 4.79 Å².